The summed E-state index contributed by atoms with van der Waals surface area (Å²) in [6.07, 6.45) is 2.57. The number of pyridine rings is 1. The van der Waals surface area contributed by atoms with Crippen LogP contribution in [0.2, 0.25) is 0 Å². The standard InChI is InChI=1S/C18H22N4O5S/c1-4-21(5-2)17-7-6-13(11-19-17)12-20-18(23)14-8-15(22(24)25)10-16(9-14)28(3,26)27/h6-11H,4-5,12H2,1-3H3,(H,20,23). The van der Waals surface area contributed by atoms with Crippen LogP contribution in [0.5, 0.6) is 0 Å². The number of hydrogen-bond acceptors (Lipinski definition) is 7. The van der Waals surface area contributed by atoms with Crippen molar-refractivity contribution in [3.63, 3.8) is 0 Å². The lowest BCUT2D eigenvalue weighted by Gasteiger charge is -2.19. The van der Waals surface area contributed by atoms with Crippen molar-refractivity contribution in [1.29, 1.82) is 0 Å². The summed E-state index contributed by atoms with van der Waals surface area (Å²) >= 11 is 0. The molecule has 2 rings (SSSR count). The minimum atomic E-state index is -3.70. The normalized spacial score (nSPS) is 11.1. The minimum absolute atomic E-state index is 0.0951. The van der Waals surface area contributed by atoms with Crippen LogP contribution in [0, 0.1) is 10.1 Å². The van der Waals surface area contributed by atoms with E-state index >= 15 is 0 Å². The Morgan fingerprint density at radius 3 is 2.39 bits per heavy atom. The van der Waals surface area contributed by atoms with Crippen LogP contribution in [0.1, 0.15) is 29.8 Å². The van der Waals surface area contributed by atoms with E-state index in [0.717, 1.165) is 48.9 Å². The number of amides is 1. The number of carbonyl (C=O) groups excluding carboxylic acids is 1. The Bertz CT molecular complexity index is 970. The molecular formula is C18H22N4O5S. The lowest BCUT2D eigenvalue weighted by atomic mass is 10.2. The highest BCUT2D eigenvalue weighted by Crippen LogP contribution is 2.21. The second-order valence-electron chi connectivity index (χ2n) is 6.12. The molecular weight excluding hydrogens is 384 g/mol. The van der Waals surface area contributed by atoms with Crippen molar-refractivity contribution in [2.24, 2.45) is 0 Å². The fraction of sp³-hybridized carbons (Fsp3) is 0.333. The molecule has 0 unspecified atom stereocenters. The summed E-state index contributed by atoms with van der Waals surface area (Å²) in [5, 5.41) is 13.7. The van der Waals surface area contributed by atoms with Gasteiger partial charge in [0.1, 0.15) is 5.82 Å². The molecule has 0 spiro atoms. The molecule has 1 heterocycles. The van der Waals surface area contributed by atoms with Gasteiger partial charge in [-0.1, -0.05) is 6.07 Å². The number of carbonyl (C=O) groups is 1. The molecule has 0 bridgehead atoms. The first-order valence-corrected chi connectivity index (χ1v) is 10.5. The lowest BCUT2D eigenvalue weighted by Crippen LogP contribution is -2.24. The average molecular weight is 406 g/mol. The second-order valence-corrected chi connectivity index (χ2v) is 8.14. The van der Waals surface area contributed by atoms with E-state index in [4.69, 9.17) is 0 Å². The fourth-order valence-corrected chi connectivity index (χ4v) is 3.25. The van der Waals surface area contributed by atoms with Crippen molar-refractivity contribution < 1.29 is 18.1 Å². The van der Waals surface area contributed by atoms with Gasteiger partial charge >= 0.3 is 0 Å². The summed E-state index contributed by atoms with van der Waals surface area (Å²) in [5.41, 5.74) is 0.193. The number of nitro groups is 1. The van der Waals surface area contributed by atoms with Crippen LogP contribution in [0.15, 0.2) is 41.4 Å². The second kappa shape index (κ2) is 8.79. The monoisotopic (exact) mass is 406 g/mol. The maximum absolute atomic E-state index is 12.4. The number of nitro benzene ring substituents is 1. The van der Waals surface area contributed by atoms with Crippen LogP contribution in [0.4, 0.5) is 11.5 Å². The van der Waals surface area contributed by atoms with Gasteiger partial charge in [0.15, 0.2) is 9.84 Å². The predicted molar refractivity (Wildman–Crippen MR) is 105 cm³/mol. The van der Waals surface area contributed by atoms with E-state index in [-0.39, 0.29) is 17.0 Å². The van der Waals surface area contributed by atoms with E-state index in [9.17, 15) is 23.3 Å². The highest BCUT2D eigenvalue weighted by Gasteiger charge is 2.19. The van der Waals surface area contributed by atoms with Gasteiger partial charge in [0.25, 0.3) is 11.6 Å². The zero-order chi connectivity index (χ0) is 20.9. The van der Waals surface area contributed by atoms with Crippen LogP contribution in [-0.4, -0.2) is 43.6 Å². The van der Waals surface area contributed by atoms with E-state index in [1.807, 2.05) is 26.0 Å². The number of benzene rings is 1. The third kappa shape index (κ3) is 5.26. The Morgan fingerprint density at radius 2 is 1.89 bits per heavy atom. The Balaban J connectivity index is 2.17. The molecule has 2 aromatic rings. The first kappa shape index (κ1) is 21.3. The predicted octanol–water partition coefficient (Wildman–Crippen LogP) is 2.17. The summed E-state index contributed by atoms with van der Waals surface area (Å²) in [4.78, 5) is 28.8. The van der Waals surface area contributed by atoms with Gasteiger partial charge in [0, 0.05) is 49.8 Å². The number of rotatable bonds is 8. The van der Waals surface area contributed by atoms with Gasteiger partial charge in [-0.05, 0) is 31.5 Å². The van der Waals surface area contributed by atoms with Crippen molar-refractivity contribution in [2.45, 2.75) is 25.3 Å². The van der Waals surface area contributed by atoms with E-state index in [1.54, 1.807) is 6.20 Å². The third-order valence-corrected chi connectivity index (χ3v) is 5.23. The van der Waals surface area contributed by atoms with Gasteiger partial charge in [-0.3, -0.25) is 14.9 Å². The Morgan fingerprint density at radius 1 is 1.21 bits per heavy atom. The van der Waals surface area contributed by atoms with Crippen LogP contribution >= 0.6 is 0 Å². The number of anilines is 1. The highest BCUT2D eigenvalue weighted by molar-refractivity contribution is 7.90. The summed E-state index contributed by atoms with van der Waals surface area (Å²) in [5.74, 6) is 0.220. The van der Waals surface area contributed by atoms with Gasteiger partial charge in [-0.15, -0.1) is 0 Å². The average Bonchev–Trinajstić information content (AvgIpc) is 2.67. The summed E-state index contributed by atoms with van der Waals surface area (Å²) in [6.45, 7) is 5.87. The van der Waals surface area contributed by atoms with Gasteiger partial charge in [-0.25, -0.2) is 13.4 Å². The van der Waals surface area contributed by atoms with E-state index in [2.05, 4.69) is 15.2 Å². The molecule has 0 aliphatic heterocycles. The Labute approximate surface area is 163 Å². The van der Waals surface area contributed by atoms with Crippen molar-refractivity contribution in [1.82, 2.24) is 10.3 Å². The Kier molecular flexibility index (Phi) is 6.68. The molecule has 0 radical (unpaired) electrons. The largest absolute Gasteiger partial charge is 0.357 e. The van der Waals surface area contributed by atoms with Crippen LogP contribution < -0.4 is 10.2 Å². The maximum atomic E-state index is 12.4. The van der Waals surface area contributed by atoms with Crippen LogP contribution in [0.3, 0.4) is 0 Å². The van der Waals surface area contributed by atoms with Gasteiger partial charge in [-0.2, -0.15) is 0 Å². The number of aromatic nitrogens is 1. The van der Waals surface area contributed by atoms with E-state index < -0.39 is 26.4 Å². The quantitative estimate of drug-likeness (QED) is 0.526. The van der Waals surface area contributed by atoms with Crippen LogP contribution in [0.25, 0.3) is 0 Å². The Hall–Kier alpha value is -3.01. The molecule has 1 N–H and O–H groups in total. The van der Waals surface area contributed by atoms with Crippen molar-refractivity contribution in [3.05, 3.63) is 57.8 Å². The third-order valence-electron chi connectivity index (χ3n) is 4.14. The molecule has 0 saturated carbocycles. The molecule has 0 fully saturated rings. The molecule has 10 heteroatoms. The topological polar surface area (TPSA) is 123 Å². The molecule has 0 aliphatic rings. The number of nitrogens with zero attached hydrogens (tertiary/aromatic N) is 3. The number of sulfone groups is 1. The van der Waals surface area contributed by atoms with Crippen molar-refractivity contribution in [3.8, 4) is 0 Å². The lowest BCUT2D eigenvalue weighted by molar-refractivity contribution is -0.385. The van der Waals surface area contributed by atoms with Gasteiger partial charge in [0.2, 0.25) is 0 Å². The van der Waals surface area contributed by atoms with Crippen LogP contribution in [-0.2, 0) is 16.4 Å². The summed E-state index contributed by atoms with van der Waals surface area (Å²) < 4.78 is 23.5. The van der Waals surface area contributed by atoms with Crippen molar-refractivity contribution in [2.75, 3.05) is 24.2 Å². The van der Waals surface area contributed by atoms with Gasteiger partial charge in [0.05, 0.1) is 9.82 Å². The molecule has 0 aliphatic carbocycles. The number of nitrogens with one attached hydrogen (secondary N) is 1. The van der Waals surface area contributed by atoms with E-state index in [0.29, 0.717) is 0 Å². The van der Waals surface area contributed by atoms with E-state index in [1.165, 1.54) is 0 Å². The molecule has 0 atom stereocenters. The van der Waals surface area contributed by atoms with Crippen molar-refractivity contribution >= 4 is 27.2 Å². The summed E-state index contributed by atoms with van der Waals surface area (Å²) in [6, 6.07) is 6.78. The highest BCUT2D eigenvalue weighted by atomic mass is 32.2. The van der Waals surface area contributed by atoms with Gasteiger partial charge < -0.3 is 10.2 Å². The fourth-order valence-electron chi connectivity index (χ4n) is 2.57. The zero-order valence-electron chi connectivity index (χ0n) is 15.9. The first-order valence-electron chi connectivity index (χ1n) is 8.63. The molecule has 1 amide bonds. The molecule has 0 saturated heterocycles. The zero-order valence-corrected chi connectivity index (χ0v) is 16.7. The summed E-state index contributed by atoms with van der Waals surface area (Å²) in [7, 11) is -3.70. The minimum Gasteiger partial charge on any atom is -0.357 e. The molecule has 150 valence electrons. The number of non-ortho nitro benzene ring substituents is 1. The molecule has 1 aromatic carbocycles. The maximum Gasteiger partial charge on any atom is 0.271 e. The molecule has 9 nitrogen and oxygen atoms in total. The molecule has 28 heavy (non-hydrogen) atoms. The first-order chi connectivity index (χ1) is 13.2. The smallest absolute Gasteiger partial charge is 0.271 e. The molecule has 1 aromatic heterocycles. The SMILES string of the molecule is CCN(CC)c1ccc(CNC(=O)c2cc([N+](=O)[O-])cc(S(C)(=O)=O)c2)cn1. The number of hydrogen-bond donors (Lipinski definition) is 1.